The average molecular weight is 368 g/mol. The van der Waals surface area contributed by atoms with Crippen molar-refractivity contribution in [2.45, 2.75) is 66.3 Å². The standard InChI is InChI=1S/C20H33NO3S/c1-15(2)8-6-9-16(3)10-7-11-17(4)12-13-25-14-19(20(23)24)21-18(5)22/h8,10,12,19H,6-7,9,11,13-14H2,1-5H3,(H,21,22)(H,23,24)/b16-10-,17-12-/t19-/m1/s1. The Hall–Kier alpha value is -1.49. The van der Waals surface area contributed by atoms with Gasteiger partial charge in [-0.1, -0.05) is 34.9 Å². The molecule has 2 N–H and O–H groups in total. The van der Waals surface area contributed by atoms with E-state index in [4.69, 9.17) is 5.11 Å². The third-order valence-electron chi connectivity index (χ3n) is 3.63. The summed E-state index contributed by atoms with van der Waals surface area (Å²) in [5.41, 5.74) is 4.11. The van der Waals surface area contributed by atoms with Crippen molar-refractivity contribution in [1.29, 1.82) is 0 Å². The largest absolute Gasteiger partial charge is 0.480 e. The predicted octanol–water partition coefficient (Wildman–Crippen LogP) is 4.73. The smallest absolute Gasteiger partial charge is 0.327 e. The Morgan fingerprint density at radius 1 is 0.960 bits per heavy atom. The Bertz CT molecular complexity index is 517. The first-order chi connectivity index (χ1) is 11.7. The van der Waals surface area contributed by atoms with E-state index >= 15 is 0 Å². The van der Waals surface area contributed by atoms with Crippen molar-refractivity contribution in [3.8, 4) is 0 Å². The van der Waals surface area contributed by atoms with Crippen LogP contribution in [0.2, 0.25) is 0 Å². The van der Waals surface area contributed by atoms with Gasteiger partial charge in [-0.05, 0) is 53.4 Å². The topological polar surface area (TPSA) is 66.4 Å². The molecule has 0 aliphatic rings. The lowest BCUT2D eigenvalue weighted by molar-refractivity contribution is -0.140. The molecule has 0 heterocycles. The molecule has 0 aromatic rings. The van der Waals surface area contributed by atoms with E-state index in [1.165, 1.54) is 35.4 Å². The van der Waals surface area contributed by atoms with Gasteiger partial charge in [-0.3, -0.25) is 4.79 Å². The quantitative estimate of drug-likeness (QED) is 0.387. The zero-order valence-electron chi connectivity index (χ0n) is 16.2. The summed E-state index contributed by atoms with van der Waals surface area (Å²) in [4.78, 5) is 22.0. The van der Waals surface area contributed by atoms with E-state index in [0.717, 1.165) is 31.4 Å². The Balaban J connectivity index is 4.07. The normalized spacial score (nSPS) is 13.3. The van der Waals surface area contributed by atoms with E-state index in [1.54, 1.807) is 0 Å². The molecule has 25 heavy (non-hydrogen) atoms. The maximum Gasteiger partial charge on any atom is 0.327 e. The van der Waals surface area contributed by atoms with Crippen molar-refractivity contribution in [3.05, 3.63) is 34.9 Å². The molecule has 0 saturated heterocycles. The van der Waals surface area contributed by atoms with Crippen molar-refractivity contribution in [1.82, 2.24) is 5.32 Å². The number of carbonyl (C=O) groups is 2. The Labute approximate surface area is 156 Å². The first-order valence-electron chi connectivity index (χ1n) is 8.74. The minimum atomic E-state index is -0.989. The number of amides is 1. The summed E-state index contributed by atoms with van der Waals surface area (Å²) >= 11 is 1.52. The summed E-state index contributed by atoms with van der Waals surface area (Å²) in [5.74, 6) is -0.163. The van der Waals surface area contributed by atoms with Gasteiger partial charge in [-0.25, -0.2) is 4.79 Å². The number of allylic oxidation sites excluding steroid dienone is 5. The van der Waals surface area contributed by atoms with Crippen LogP contribution in [0.5, 0.6) is 0 Å². The van der Waals surface area contributed by atoms with Gasteiger partial charge < -0.3 is 10.4 Å². The summed E-state index contributed by atoms with van der Waals surface area (Å²) in [6.07, 6.45) is 11.0. The lowest BCUT2D eigenvalue weighted by Gasteiger charge is -2.12. The van der Waals surface area contributed by atoms with Crippen molar-refractivity contribution in [2.24, 2.45) is 0 Å². The molecule has 1 amide bonds. The Morgan fingerprint density at radius 2 is 1.52 bits per heavy atom. The lowest BCUT2D eigenvalue weighted by Crippen LogP contribution is -2.41. The van der Waals surface area contributed by atoms with E-state index in [1.807, 2.05) is 0 Å². The van der Waals surface area contributed by atoms with Gasteiger partial charge in [0.05, 0.1) is 0 Å². The average Bonchev–Trinajstić information content (AvgIpc) is 2.49. The summed E-state index contributed by atoms with van der Waals surface area (Å²) in [5, 5.41) is 11.5. The summed E-state index contributed by atoms with van der Waals surface area (Å²) in [7, 11) is 0. The predicted molar refractivity (Wildman–Crippen MR) is 108 cm³/mol. The van der Waals surface area contributed by atoms with E-state index < -0.39 is 12.0 Å². The molecule has 0 aliphatic carbocycles. The van der Waals surface area contributed by atoms with E-state index in [0.29, 0.717) is 5.75 Å². The van der Waals surface area contributed by atoms with Gasteiger partial charge in [0.25, 0.3) is 0 Å². The molecular weight excluding hydrogens is 334 g/mol. The molecule has 0 radical (unpaired) electrons. The molecule has 5 heteroatoms. The summed E-state index contributed by atoms with van der Waals surface area (Å²) in [6, 6.07) is -0.817. The van der Waals surface area contributed by atoms with Crippen LogP contribution in [0.1, 0.15) is 60.3 Å². The van der Waals surface area contributed by atoms with Gasteiger partial charge in [0, 0.05) is 18.4 Å². The van der Waals surface area contributed by atoms with Crippen LogP contribution in [0.4, 0.5) is 0 Å². The maximum atomic E-state index is 11.0. The highest BCUT2D eigenvalue weighted by Crippen LogP contribution is 2.13. The molecular formula is C20H33NO3S. The molecule has 0 saturated carbocycles. The molecule has 0 aromatic heterocycles. The number of rotatable bonds is 12. The fourth-order valence-corrected chi connectivity index (χ4v) is 3.15. The molecule has 0 spiro atoms. The lowest BCUT2D eigenvalue weighted by atomic mass is 10.1. The number of carboxylic acids is 1. The van der Waals surface area contributed by atoms with Crippen LogP contribution < -0.4 is 5.32 Å². The molecule has 142 valence electrons. The van der Waals surface area contributed by atoms with Crippen molar-refractivity contribution >= 4 is 23.6 Å². The molecule has 4 nitrogen and oxygen atoms in total. The Morgan fingerprint density at radius 3 is 2.04 bits per heavy atom. The number of nitrogens with one attached hydrogen (secondary N) is 1. The van der Waals surface area contributed by atoms with Gasteiger partial charge >= 0.3 is 5.97 Å². The number of hydrogen-bond donors (Lipinski definition) is 2. The van der Waals surface area contributed by atoms with Crippen LogP contribution in [-0.4, -0.2) is 34.5 Å². The van der Waals surface area contributed by atoms with Crippen LogP contribution >= 0.6 is 11.8 Å². The van der Waals surface area contributed by atoms with E-state index in [9.17, 15) is 9.59 Å². The maximum absolute atomic E-state index is 11.0. The summed E-state index contributed by atoms with van der Waals surface area (Å²) in [6.45, 7) is 9.87. The van der Waals surface area contributed by atoms with Crippen LogP contribution in [0, 0.1) is 0 Å². The van der Waals surface area contributed by atoms with Crippen molar-refractivity contribution in [3.63, 3.8) is 0 Å². The molecule has 1 atom stereocenters. The molecule has 0 unspecified atom stereocenters. The first-order valence-corrected chi connectivity index (χ1v) is 9.90. The second kappa shape index (κ2) is 13.8. The highest BCUT2D eigenvalue weighted by atomic mass is 32.2. The molecule has 0 rings (SSSR count). The van der Waals surface area contributed by atoms with E-state index in [2.05, 4.69) is 51.2 Å². The number of aliphatic carboxylic acids is 1. The minimum absolute atomic E-state index is 0.313. The fourth-order valence-electron chi connectivity index (χ4n) is 2.15. The van der Waals surface area contributed by atoms with Crippen LogP contribution in [0.15, 0.2) is 34.9 Å². The van der Waals surface area contributed by atoms with Crippen LogP contribution in [0.3, 0.4) is 0 Å². The number of hydrogen-bond acceptors (Lipinski definition) is 3. The van der Waals surface area contributed by atoms with Gasteiger partial charge in [-0.2, -0.15) is 11.8 Å². The monoisotopic (exact) mass is 367 g/mol. The molecule has 0 aliphatic heterocycles. The summed E-state index contributed by atoms with van der Waals surface area (Å²) < 4.78 is 0. The molecule has 0 bridgehead atoms. The van der Waals surface area contributed by atoms with Gasteiger partial charge in [0.15, 0.2) is 0 Å². The Kier molecular flexibility index (Phi) is 12.9. The third kappa shape index (κ3) is 14.6. The SMILES string of the molecule is CC(=O)N[C@H](CSC/C=C(/C)CC/C=C(/C)CCC=C(C)C)C(=O)O. The van der Waals surface area contributed by atoms with Crippen LogP contribution in [0.25, 0.3) is 0 Å². The van der Waals surface area contributed by atoms with Crippen molar-refractivity contribution < 1.29 is 14.7 Å². The highest BCUT2D eigenvalue weighted by Gasteiger charge is 2.17. The highest BCUT2D eigenvalue weighted by molar-refractivity contribution is 7.99. The van der Waals surface area contributed by atoms with Gasteiger partial charge in [0.2, 0.25) is 5.91 Å². The molecule has 0 fully saturated rings. The first kappa shape index (κ1) is 23.5. The second-order valence-electron chi connectivity index (χ2n) is 6.59. The second-order valence-corrected chi connectivity index (χ2v) is 7.66. The van der Waals surface area contributed by atoms with Crippen LogP contribution in [-0.2, 0) is 9.59 Å². The third-order valence-corrected chi connectivity index (χ3v) is 4.60. The minimum Gasteiger partial charge on any atom is -0.480 e. The molecule has 0 aromatic carbocycles. The zero-order chi connectivity index (χ0) is 19.2. The van der Waals surface area contributed by atoms with Gasteiger partial charge in [-0.15, -0.1) is 0 Å². The van der Waals surface area contributed by atoms with Crippen molar-refractivity contribution in [2.75, 3.05) is 11.5 Å². The number of carbonyl (C=O) groups excluding carboxylic acids is 1. The zero-order valence-corrected chi connectivity index (χ0v) is 17.0. The van der Waals surface area contributed by atoms with E-state index in [-0.39, 0.29) is 5.91 Å². The number of thioether (sulfide) groups is 1. The van der Waals surface area contributed by atoms with Gasteiger partial charge in [0.1, 0.15) is 6.04 Å². The fraction of sp³-hybridized carbons (Fsp3) is 0.600. The number of carboxylic acid groups (broad SMARTS) is 1.